The average molecular weight is 248 g/mol. The van der Waals surface area contributed by atoms with Crippen molar-refractivity contribution in [1.82, 2.24) is 0 Å². The fourth-order valence-electron chi connectivity index (χ4n) is 2.12. The highest BCUT2D eigenvalue weighted by Gasteiger charge is 1.97. The maximum absolute atomic E-state index is 3.77. The van der Waals surface area contributed by atoms with Gasteiger partial charge in [0.25, 0.3) is 0 Å². The second-order valence-corrected chi connectivity index (χ2v) is 4.76. The van der Waals surface area contributed by atoms with Gasteiger partial charge in [-0.05, 0) is 41.5 Å². The van der Waals surface area contributed by atoms with Crippen LogP contribution in [0, 0.1) is 0 Å². The molecule has 0 unspecified atom stereocenters. The lowest BCUT2D eigenvalue weighted by Crippen LogP contribution is -1.92. The Bertz CT molecular complexity index is 529. The van der Waals surface area contributed by atoms with Crippen LogP contribution in [0.1, 0.15) is 22.3 Å². The molecule has 0 aromatic heterocycles. The standard InChI is InChI=1S/C19H20/c1-3-5-17-10-12-19(13-11-17)15-14-18-8-6-16(4-2)7-9-18/h3-4,6-13H,1-2,5,14-15H2. The number of hydrogen-bond donors (Lipinski definition) is 0. The van der Waals surface area contributed by atoms with E-state index >= 15 is 0 Å². The molecule has 19 heavy (non-hydrogen) atoms. The smallest absolute Gasteiger partial charge is 0.0100 e. The lowest BCUT2D eigenvalue weighted by molar-refractivity contribution is 0.958. The third-order valence-corrected chi connectivity index (χ3v) is 3.32. The van der Waals surface area contributed by atoms with Gasteiger partial charge in [0.15, 0.2) is 0 Å². The third kappa shape index (κ3) is 3.96. The zero-order valence-electron chi connectivity index (χ0n) is 11.3. The molecule has 0 nitrogen and oxygen atoms in total. The molecule has 0 amide bonds. The Morgan fingerprint density at radius 2 is 1.16 bits per heavy atom. The summed E-state index contributed by atoms with van der Waals surface area (Å²) in [4.78, 5) is 0. The van der Waals surface area contributed by atoms with Crippen molar-refractivity contribution in [3.8, 4) is 0 Å². The first-order valence-corrected chi connectivity index (χ1v) is 6.72. The highest BCUT2D eigenvalue weighted by atomic mass is 14.0. The molecule has 0 saturated carbocycles. The lowest BCUT2D eigenvalue weighted by Gasteiger charge is -2.04. The lowest BCUT2D eigenvalue weighted by atomic mass is 10.0. The Kier molecular flexibility index (Phi) is 4.74. The van der Waals surface area contributed by atoms with Gasteiger partial charge >= 0.3 is 0 Å². The number of allylic oxidation sites excluding steroid dienone is 1. The number of benzene rings is 2. The van der Waals surface area contributed by atoms with E-state index in [4.69, 9.17) is 0 Å². The molecule has 0 heteroatoms. The first kappa shape index (κ1) is 13.4. The Morgan fingerprint density at radius 1 is 0.684 bits per heavy atom. The summed E-state index contributed by atoms with van der Waals surface area (Å²) < 4.78 is 0. The SMILES string of the molecule is C=CCc1ccc(CCc2ccc(C=C)cc2)cc1. The number of aryl methyl sites for hydroxylation is 2. The minimum Gasteiger partial charge on any atom is -0.103 e. The van der Waals surface area contributed by atoms with Gasteiger partial charge in [-0.25, -0.2) is 0 Å². The zero-order valence-corrected chi connectivity index (χ0v) is 11.3. The molecule has 0 heterocycles. The van der Waals surface area contributed by atoms with E-state index in [1.807, 2.05) is 12.2 Å². The molecule has 0 atom stereocenters. The molecule has 0 aliphatic carbocycles. The van der Waals surface area contributed by atoms with Gasteiger partial charge in [-0.2, -0.15) is 0 Å². The molecule has 96 valence electrons. The van der Waals surface area contributed by atoms with Gasteiger partial charge in [-0.3, -0.25) is 0 Å². The minimum absolute atomic E-state index is 0.948. The zero-order chi connectivity index (χ0) is 13.5. The van der Waals surface area contributed by atoms with Crippen molar-refractivity contribution >= 4 is 6.08 Å². The summed E-state index contributed by atoms with van der Waals surface area (Å²) in [6.07, 6.45) is 6.93. The summed E-state index contributed by atoms with van der Waals surface area (Å²) in [6, 6.07) is 17.4. The summed E-state index contributed by atoms with van der Waals surface area (Å²) in [7, 11) is 0. The van der Waals surface area contributed by atoms with Crippen LogP contribution in [0.2, 0.25) is 0 Å². The van der Waals surface area contributed by atoms with Crippen LogP contribution in [0.5, 0.6) is 0 Å². The van der Waals surface area contributed by atoms with E-state index in [-0.39, 0.29) is 0 Å². The summed E-state index contributed by atoms with van der Waals surface area (Å²) in [6.45, 7) is 7.53. The molecule has 0 aliphatic heterocycles. The monoisotopic (exact) mass is 248 g/mol. The number of rotatable bonds is 6. The van der Waals surface area contributed by atoms with E-state index < -0.39 is 0 Å². The second-order valence-electron chi connectivity index (χ2n) is 4.76. The fraction of sp³-hybridized carbons (Fsp3) is 0.158. The van der Waals surface area contributed by atoms with E-state index in [1.54, 1.807) is 0 Å². The fourth-order valence-corrected chi connectivity index (χ4v) is 2.12. The molecule has 2 rings (SSSR count). The Hall–Kier alpha value is -2.08. The summed E-state index contributed by atoms with van der Waals surface area (Å²) in [5.41, 5.74) is 5.27. The van der Waals surface area contributed by atoms with Crippen LogP contribution in [0.4, 0.5) is 0 Å². The van der Waals surface area contributed by atoms with Crippen molar-refractivity contribution in [2.45, 2.75) is 19.3 Å². The van der Waals surface area contributed by atoms with Gasteiger partial charge in [-0.15, -0.1) is 6.58 Å². The molecule has 0 saturated heterocycles. The molecular weight excluding hydrogens is 228 g/mol. The molecule has 0 bridgehead atoms. The van der Waals surface area contributed by atoms with E-state index in [0.29, 0.717) is 0 Å². The average Bonchev–Trinajstić information content (AvgIpc) is 2.47. The molecular formula is C19H20. The predicted molar refractivity (Wildman–Crippen MR) is 84.3 cm³/mol. The van der Waals surface area contributed by atoms with E-state index in [2.05, 4.69) is 61.7 Å². The van der Waals surface area contributed by atoms with E-state index in [0.717, 1.165) is 19.3 Å². The molecule has 0 aliphatic rings. The summed E-state index contributed by atoms with van der Waals surface area (Å²) in [5.74, 6) is 0. The number of hydrogen-bond acceptors (Lipinski definition) is 0. The van der Waals surface area contributed by atoms with E-state index in [1.165, 1.54) is 22.3 Å². The Labute approximate surface area is 116 Å². The molecule has 0 N–H and O–H groups in total. The molecule has 2 aromatic carbocycles. The van der Waals surface area contributed by atoms with Crippen LogP contribution < -0.4 is 0 Å². The van der Waals surface area contributed by atoms with Crippen LogP contribution in [-0.4, -0.2) is 0 Å². The Balaban J connectivity index is 1.93. The van der Waals surface area contributed by atoms with Gasteiger partial charge in [0, 0.05) is 0 Å². The minimum atomic E-state index is 0.948. The van der Waals surface area contributed by atoms with Crippen molar-refractivity contribution in [1.29, 1.82) is 0 Å². The van der Waals surface area contributed by atoms with Crippen LogP contribution in [-0.2, 0) is 19.3 Å². The molecule has 0 spiro atoms. The molecule has 0 radical (unpaired) electrons. The molecule has 0 fully saturated rings. The van der Waals surface area contributed by atoms with Gasteiger partial charge < -0.3 is 0 Å². The van der Waals surface area contributed by atoms with Gasteiger partial charge in [-0.1, -0.05) is 67.3 Å². The van der Waals surface area contributed by atoms with Crippen molar-refractivity contribution < 1.29 is 0 Å². The third-order valence-electron chi connectivity index (χ3n) is 3.32. The maximum Gasteiger partial charge on any atom is -0.0100 e. The van der Waals surface area contributed by atoms with Crippen LogP contribution in [0.15, 0.2) is 67.8 Å². The second kappa shape index (κ2) is 6.75. The topological polar surface area (TPSA) is 0 Å². The van der Waals surface area contributed by atoms with Gasteiger partial charge in [0.1, 0.15) is 0 Å². The quantitative estimate of drug-likeness (QED) is 0.641. The maximum atomic E-state index is 3.77. The highest BCUT2D eigenvalue weighted by molar-refractivity contribution is 5.47. The normalized spacial score (nSPS) is 10.1. The van der Waals surface area contributed by atoms with Crippen molar-refractivity contribution in [3.05, 3.63) is 90.0 Å². The molecule has 2 aromatic rings. The Morgan fingerprint density at radius 3 is 1.63 bits per heavy atom. The summed E-state index contributed by atoms with van der Waals surface area (Å²) in [5, 5.41) is 0. The van der Waals surface area contributed by atoms with Crippen molar-refractivity contribution in [2.75, 3.05) is 0 Å². The van der Waals surface area contributed by atoms with Crippen LogP contribution in [0.3, 0.4) is 0 Å². The van der Waals surface area contributed by atoms with Gasteiger partial charge in [0.2, 0.25) is 0 Å². The highest BCUT2D eigenvalue weighted by Crippen LogP contribution is 2.11. The van der Waals surface area contributed by atoms with Crippen molar-refractivity contribution in [2.24, 2.45) is 0 Å². The van der Waals surface area contributed by atoms with Gasteiger partial charge in [0.05, 0.1) is 0 Å². The van der Waals surface area contributed by atoms with Crippen LogP contribution >= 0.6 is 0 Å². The first-order chi connectivity index (χ1) is 9.31. The van der Waals surface area contributed by atoms with Crippen LogP contribution in [0.25, 0.3) is 6.08 Å². The van der Waals surface area contributed by atoms with E-state index in [9.17, 15) is 0 Å². The predicted octanol–water partition coefficient (Wildman–Crippen LogP) is 4.84. The first-order valence-electron chi connectivity index (χ1n) is 6.72. The van der Waals surface area contributed by atoms with Crippen molar-refractivity contribution in [3.63, 3.8) is 0 Å². The largest absolute Gasteiger partial charge is 0.103 e. The summed E-state index contributed by atoms with van der Waals surface area (Å²) >= 11 is 0.